The minimum atomic E-state index is -0.629. The summed E-state index contributed by atoms with van der Waals surface area (Å²) in [5.41, 5.74) is 9.76. The van der Waals surface area contributed by atoms with E-state index in [4.69, 9.17) is 29.8 Å². The largest absolute Gasteiger partial charge is 0.487 e. The Morgan fingerprint density at radius 3 is 2.41 bits per heavy atom. The first kappa shape index (κ1) is 32.5. The smallest absolute Gasteiger partial charge is 0.431 e. The number of nitrogens with zero attached hydrogens (tertiary/aromatic N) is 2. The highest BCUT2D eigenvalue weighted by Gasteiger charge is 2.50. The normalized spacial score (nSPS) is 24.7. The van der Waals surface area contributed by atoms with Crippen LogP contribution in [-0.2, 0) is 20.7 Å². The number of nitrogens with two attached hydrogens (primary N) is 1. The van der Waals surface area contributed by atoms with Crippen LogP contribution in [0.2, 0.25) is 0 Å². The molecule has 1 aliphatic carbocycles. The third kappa shape index (κ3) is 8.99. The lowest BCUT2D eigenvalue weighted by atomic mass is 9.65. The molecule has 2 amide bonds. The maximum atomic E-state index is 12.4. The van der Waals surface area contributed by atoms with Crippen molar-refractivity contribution in [3.05, 3.63) is 29.3 Å². The predicted octanol–water partition coefficient (Wildman–Crippen LogP) is 5.75. The quantitative estimate of drug-likeness (QED) is 0.261. The van der Waals surface area contributed by atoms with E-state index >= 15 is 0 Å². The SMILES string of the molecule is CC.CC(ONC(=O)OC(C)(C)C)C1CCc2cc(C(N)=NC3CC4(CCN(C(=O)OC(C)(C)C)C4)C3)ccc2O1. The Morgan fingerprint density at radius 1 is 1.12 bits per heavy atom. The van der Waals surface area contributed by atoms with Gasteiger partial charge in [0.25, 0.3) is 0 Å². The second-order valence-electron chi connectivity index (χ2n) is 13.2. The molecular weight excluding hydrogens is 524 g/mol. The lowest BCUT2D eigenvalue weighted by Crippen LogP contribution is -2.44. The lowest BCUT2D eigenvalue weighted by Gasteiger charge is -2.43. The van der Waals surface area contributed by atoms with E-state index < -0.39 is 17.3 Å². The van der Waals surface area contributed by atoms with Crippen LogP contribution in [0.15, 0.2) is 23.2 Å². The van der Waals surface area contributed by atoms with Gasteiger partial charge in [0.05, 0.1) is 6.04 Å². The average Bonchev–Trinajstić information content (AvgIpc) is 3.31. The summed E-state index contributed by atoms with van der Waals surface area (Å²) >= 11 is 0. The number of hydrogen-bond acceptors (Lipinski definition) is 7. The summed E-state index contributed by atoms with van der Waals surface area (Å²) in [5.74, 6) is 1.31. The summed E-state index contributed by atoms with van der Waals surface area (Å²) in [4.78, 5) is 36.4. The molecule has 3 N–H and O–H groups in total. The summed E-state index contributed by atoms with van der Waals surface area (Å²) in [6.45, 7) is 18.4. The van der Waals surface area contributed by atoms with Gasteiger partial charge < -0.3 is 24.8 Å². The lowest BCUT2D eigenvalue weighted by molar-refractivity contribution is -0.0775. The number of amidine groups is 1. The monoisotopic (exact) mass is 574 g/mol. The van der Waals surface area contributed by atoms with Crippen LogP contribution in [0.3, 0.4) is 0 Å². The zero-order valence-corrected chi connectivity index (χ0v) is 26.3. The second-order valence-corrected chi connectivity index (χ2v) is 13.2. The van der Waals surface area contributed by atoms with Crippen LogP contribution in [0.5, 0.6) is 5.75 Å². The van der Waals surface area contributed by atoms with Gasteiger partial charge in [-0.05, 0) is 110 Å². The number of carbonyl (C=O) groups excluding carboxylic acids is 2. The first-order valence-electron chi connectivity index (χ1n) is 14.9. The third-order valence-corrected chi connectivity index (χ3v) is 7.33. The van der Waals surface area contributed by atoms with E-state index in [1.807, 2.05) is 64.6 Å². The highest BCUT2D eigenvalue weighted by molar-refractivity contribution is 5.98. The highest BCUT2D eigenvalue weighted by Crippen LogP contribution is 2.50. The van der Waals surface area contributed by atoms with Crippen LogP contribution in [0.4, 0.5) is 9.59 Å². The van der Waals surface area contributed by atoms with E-state index in [0.29, 0.717) is 5.84 Å². The summed E-state index contributed by atoms with van der Waals surface area (Å²) in [5, 5.41) is 0. The fourth-order valence-electron chi connectivity index (χ4n) is 5.47. The number of likely N-dealkylation sites (tertiary alicyclic amines) is 1. The van der Waals surface area contributed by atoms with Crippen molar-refractivity contribution in [2.75, 3.05) is 13.1 Å². The van der Waals surface area contributed by atoms with E-state index in [-0.39, 0.29) is 29.8 Å². The van der Waals surface area contributed by atoms with Gasteiger partial charge in [-0.25, -0.2) is 9.59 Å². The molecule has 10 heteroatoms. The van der Waals surface area contributed by atoms with Gasteiger partial charge in [-0.1, -0.05) is 13.8 Å². The molecule has 0 radical (unpaired) electrons. The van der Waals surface area contributed by atoms with Crippen molar-refractivity contribution in [3.63, 3.8) is 0 Å². The molecule has 2 unspecified atom stereocenters. The van der Waals surface area contributed by atoms with E-state index in [0.717, 1.165) is 62.1 Å². The first-order valence-corrected chi connectivity index (χ1v) is 14.9. The molecule has 2 atom stereocenters. The van der Waals surface area contributed by atoms with Gasteiger partial charge in [-0.3, -0.25) is 9.83 Å². The number of fused-ring (bicyclic) bond motifs is 1. The topological polar surface area (TPSA) is 125 Å². The van der Waals surface area contributed by atoms with E-state index in [1.54, 1.807) is 20.8 Å². The van der Waals surface area contributed by atoms with Gasteiger partial charge in [0, 0.05) is 18.7 Å². The van der Waals surface area contributed by atoms with E-state index in [1.165, 1.54) is 0 Å². The van der Waals surface area contributed by atoms with Gasteiger partial charge in [0.15, 0.2) is 0 Å². The molecule has 3 aliphatic rings. The van der Waals surface area contributed by atoms with Gasteiger partial charge in [-0.15, -0.1) is 0 Å². The standard InChI is InChI=1S/C29H44N4O6.C2H6/c1-18(39-32-25(34)37-27(2,3)4)22-10-8-19-14-20(9-11-23(19)36-22)24(30)31-21-15-29(16-21)12-13-33(17-29)26(35)38-28(5,6)7;1-2/h9,11,14,18,21-22H,8,10,12-13,15-17H2,1-7H3,(H2,30,31)(H,32,34);1-2H3. The number of ether oxygens (including phenoxy) is 3. The van der Waals surface area contributed by atoms with Gasteiger partial charge in [-0.2, -0.15) is 5.48 Å². The maximum absolute atomic E-state index is 12.4. The fraction of sp³-hybridized carbons (Fsp3) is 0.710. The highest BCUT2D eigenvalue weighted by atomic mass is 16.7. The van der Waals surface area contributed by atoms with Crippen molar-refractivity contribution in [2.24, 2.45) is 16.1 Å². The molecule has 2 heterocycles. The Balaban J connectivity index is 0.00000226. The molecular formula is C31H50N4O6. The minimum Gasteiger partial charge on any atom is -0.487 e. The number of carbonyl (C=O) groups is 2. The molecule has 1 saturated carbocycles. The molecule has 1 aromatic rings. The van der Waals surface area contributed by atoms with Crippen molar-refractivity contribution >= 4 is 18.0 Å². The fourth-order valence-corrected chi connectivity index (χ4v) is 5.47. The molecule has 1 saturated heterocycles. The molecule has 4 rings (SSSR count). The molecule has 230 valence electrons. The number of rotatable bonds is 5. The molecule has 1 aromatic carbocycles. The van der Waals surface area contributed by atoms with Crippen molar-refractivity contribution in [2.45, 2.75) is 124 Å². The minimum absolute atomic E-state index is 0.126. The predicted molar refractivity (Wildman–Crippen MR) is 159 cm³/mol. The number of hydrogen-bond donors (Lipinski definition) is 2. The van der Waals surface area contributed by atoms with Crippen LogP contribution in [0.25, 0.3) is 0 Å². The molecule has 2 aliphatic heterocycles. The van der Waals surface area contributed by atoms with E-state index in [9.17, 15) is 9.59 Å². The van der Waals surface area contributed by atoms with Gasteiger partial charge in [0.1, 0.15) is 35.0 Å². The summed E-state index contributed by atoms with van der Waals surface area (Å²) in [7, 11) is 0. The van der Waals surface area contributed by atoms with Gasteiger partial charge in [0.2, 0.25) is 0 Å². The Bertz CT molecular complexity index is 1100. The maximum Gasteiger partial charge on any atom is 0.431 e. The van der Waals surface area contributed by atoms with Crippen molar-refractivity contribution in [1.29, 1.82) is 0 Å². The number of amides is 2. The zero-order chi connectivity index (χ0) is 30.6. The first-order chi connectivity index (χ1) is 19.1. The summed E-state index contributed by atoms with van der Waals surface area (Å²) in [6, 6.07) is 6.06. The molecule has 1 spiro atoms. The summed E-state index contributed by atoms with van der Waals surface area (Å²) < 4.78 is 16.9. The summed E-state index contributed by atoms with van der Waals surface area (Å²) in [6.07, 6.45) is 2.95. The Labute approximate surface area is 245 Å². The number of aliphatic imine (C=N–C) groups is 1. The number of benzene rings is 1. The van der Waals surface area contributed by atoms with Crippen LogP contribution < -0.4 is 16.0 Å². The molecule has 10 nitrogen and oxygen atoms in total. The molecule has 0 bridgehead atoms. The second kappa shape index (κ2) is 12.9. The van der Waals surface area contributed by atoms with Crippen LogP contribution in [0, 0.1) is 5.41 Å². The van der Waals surface area contributed by atoms with Crippen molar-refractivity contribution in [1.82, 2.24) is 10.4 Å². The number of nitrogens with one attached hydrogen (secondary N) is 1. The van der Waals surface area contributed by atoms with Crippen molar-refractivity contribution < 1.29 is 28.6 Å². The Kier molecular flexibility index (Phi) is 10.2. The molecule has 41 heavy (non-hydrogen) atoms. The molecule has 2 fully saturated rings. The Morgan fingerprint density at radius 2 is 1.78 bits per heavy atom. The zero-order valence-electron chi connectivity index (χ0n) is 26.3. The van der Waals surface area contributed by atoms with E-state index in [2.05, 4.69) is 5.48 Å². The molecule has 0 aromatic heterocycles. The van der Waals surface area contributed by atoms with Gasteiger partial charge >= 0.3 is 12.2 Å². The van der Waals surface area contributed by atoms with Crippen LogP contribution >= 0.6 is 0 Å². The Hall–Kier alpha value is -3.01. The average molecular weight is 575 g/mol. The third-order valence-electron chi connectivity index (χ3n) is 7.33. The van der Waals surface area contributed by atoms with Crippen LogP contribution in [0.1, 0.15) is 99.1 Å². The number of hydroxylamine groups is 1. The number of aryl methyl sites for hydroxylation is 1. The van der Waals surface area contributed by atoms with Crippen LogP contribution in [-0.4, -0.2) is 65.5 Å². The van der Waals surface area contributed by atoms with Crippen molar-refractivity contribution in [3.8, 4) is 5.75 Å².